The fraction of sp³-hybridized carbons (Fsp3) is 0.538. The van der Waals surface area contributed by atoms with Crippen molar-refractivity contribution in [1.29, 1.82) is 0 Å². The quantitative estimate of drug-likeness (QED) is 0.865. The lowest BCUT2D eigenvalue weighted by atomic mass is 9.84. The molecule has 6 heteroatoms. The number of nitrogen functional groups attached to an aromatic ring is 1. The molecule has 5 heterocycles. The zero-order chi connectivity index (χ0) is 13.0. The van der Waals surface area contributed by atoms with E-state index in [1.807, 2.05) is 6.07 Å². The molecule has 2 aromatic rings. The highest BCUT2D eigenvalue weighted by atomic mass is 35.5. The number of nitrogens with two attached hydrogens (primary N) is 1. The van der Waals surface area contributed by atoms with E-state index < -0.39 is 0 Å². The second-order valence-electron chi connectivity index (χ2n) is 5.54. The number of hydrogen-bond acceptors (Lipinski definition) is 4. The third-order valence-electron chi connectivity index (χ3n) is 4.48. The van der Waals surface area contributed by atoms with Gasteiger partial charge in [-0.05, 0) is 37.9 Å². The average molecular weight is 278 g/mol. The highest BCUT2D eigenvalue weighted by Gasteiger charge is 2.36. The summed E-state index contributed by atoms with van der Waals surface area (Å²) in [6, 6.07) is 2.24. The minimum absolute atomic E-state index is 0.404. The Morgan fingerprint density at radius 2 is 2.11 bits per heavy atom. The summed E-state index contributed by atoms with van der Waals surface area (Å²) >= 11 is 5.97. The van der Waals surface area contributed by atoms with Crippen molar-refractivity contribution >= 4 is 28.7 Å². The summed E-state index contributed by atoms with van der Waals surface area (Å²) in [5.74, 6) is 1.26. The number of halogens is 1. The number of fused-ring (bicyclic) bond motifs is 4. The van der Waals surface area contributed by atoms with Crippen LogP contribution in [0.25, 0.3) is 11.2 Å². The van der Waals surface area contributed by atoms with Crippen molar-refractivity contribution in [3.8, 4) is 0 Å². The van der Waals surface area contributed by atoms with Crippen LogP contribution in [0.3, 0.4) is 0 Å². The monoisotopic (exact) mass is 277 g/mol. The van der Waals surface area contributed by atoms with Crippen LogP contribution in [-0.2, 0) is 0 Å². The minimum Gasteiger partial charge on any atom is -0.369 e. The molecule has 3 saturated heterocycles. The van der Waals surface area contributed by atoms with Crippen molar-refractivity contribution in [1.82, 2.24) is 19.4 Å². The van der Waals surface area contributed by atoms with Crippen molar-refractivity contribution in [3.05, 3.63) is 17.3 Å². The van der Waals surface area contributed by atoms with E-state index in [4.69, 9.17) is 17.3 Å². The number of rotatable bonds is 1. The van der Waals surface area contributed by atoms with Gasteiger partial charge in [0.05, 0.1) is 11.1 Å². The molecule has 5 rings (SSSR count). The van der Waals surface area contributed by atoms with Crippen molar-refractivity contribution in [2.24, 2.45) is 5.92 Å². The second-order valence-corrected chi connectivity index (χ2v) is 5.98. The highest BCUT2D eigenvalue weighted by molar-refractivity contribution is 6.31. The van der Waals surface area contributed by atoms with Crippen LogP contribution in [0.1, 0.15) is 18.9 Å². The number of aromatic nitrogens is 3. The van der Waals surface area contributed by atoms with Crippen LogP contribution in [0.2, 0.25) is 5.02 Å². The lowest BCUT2D eigenvalue weighted by Gasteiger charge is -2.45. The molecule has 2 bridgehead atoms. The maximum atomic E-state index is 6.12. The van der Waals surface area contributed by atoms with Crippen LogP contribution in [0.4, 0.5) is 5.95 Å². The summed E-state index contributed by atoms with van der Waals surface area (Å²) in [7, 11) is 0. The van der Waals surface area contributed by atoms with Gasteiger partial charge in [-0.15, -0.1) is 0 Å². The molecule has 3 fully saturated rings. The number of pyridine rings is 1. The van der Waals surface area contributed by atoms with Gasteiger partial charge in [0.15, 0.2) is 5.65 Å². The molecule has 0 amide bonds. The maximum Gasteiger partial charge on any atom is 0.202 e. The van der Waals surface area contributed by atoms with E-state index in [9.17, 15) is 0 Å². The molecule has 2 aromatic heterocycles. The molecule has 100 valence electrons. The lowest BCUT2D eigenvalue weighted by Crippen LogP contribution is -2.48. The van der Waals surface area contributed by atoms with E-state index in [0.29, 0.717) is 22.9 Å². The molecule has 3 aliphatic rings. The predicted octanol–water partition coefficient (Wildman–Crippen LogP) is 1.93. The van der Waals surface area contributed by atoms with Crippen LogP contribution >= 0.6 is 11.6 Å². The van der Waals surface area contributed by atoms with Gasteiger partial charge in [-0.25, -0.2) is 9.97 Å². The van der Waals surface area contributed by atoms with Crippen molar-refractivity contribution in [2.75, 3.05) is 25.4 Å². The van der Waals surface area contributed by atoms with Crippen molar-refractivity contribution in [2.45, 2.75) is 18.9 Å². The molecule has 5 nitrogen and oxygen atoms in total. The Hall–Kier alpha value is -1.33. The third kappa shape index (κ3) is 1.72. The molecule has 0 spiro atoms. The van der Waals surface area contributed by atoms with Crippen LogP contribution in [0.15, 0.2) is 12.3 Å². The first-order valence-electron chi connectivity index (χ1n) is 6.73. The van der Waals surface area contributed by atoms with Gasteiger partial charge < -0.3 is 10.6 Å². The fourth-order valence-corrected chi connectivity index (χ4v) is 3.68. The molecule has 0 aromatic carbocycles. The summed E-state index contributed by atoms with van der Waals surface area (Å²) in [6.45, 7) is 3.49. The Bertz CT molecular complexity index is 629. The summed E-state index contributed by atoms with van der Waals surface area (Å²) in [4.78, 5) is 11.3. The summed E-state index contributed by atoms with van der Waals surface area (Å²) in [5, 5.41) is 0.603. The zero-order valence-corrected chi connectivity index (χ0v) is 11.3. The number of anilines is 1. The maximum absolute atomic E-state index is 6.12. The van der Waals surface area contributed by atoms with Gasteiger partial charge in [0.1, 0.15) is 5.52 Å². The van der Waals surface area contributed by atoms with Crippen molar-refractivity contribution in [3.63, 3.8) is 0 Å². The molecule has 0 aliphatic carbocycles. The van der Waals surface area contributed by atoms with Gasteiger partial charge in [-0.3, -0.25) is 4.57 Å². The standard InChI is InChI=1S/C13H16ClN5/c14-9-5-10-12(16-6-9)19(13(15)17-10)11-7-18-3-1-8(11)2-4-18/h5-6,8,11H,1-4,7H2,(H2,15,17). The number of nitrogens with zero attached hydrogens (tertiary/aromatic N) is 4. The zero-order valence-electron chi connectivity index (χ0n) is 10.6. The van der Waals surface area contributed by atoms with E-state index in [1.54, 1.807) is 6.20 Å². The molecule has 0 saturated carbocycles. The Labute approximate surface area is 116 Å². The molecule has 0 radical (unpaired) electrons. The van der Waals surface area contributed by atoms with Gasteiger partial charge >= 0.3 is 0 Å². The SMILES string of the molecule is Nc1nc2cc(Cl)cnc2n1C1CN2CCC1CC2. The topological polar surface area (TPSA) is 60.0 Å². The first kappa shape index (κ1) is 11.5. The molecule has 1 atom stereocenters. The van der Waals surface area contributed by atoms with Gasteiger partial charge in [0, 0.05) is 12.7 Å². The van der Waals surface area contributed by atoms with E-state index in [-0.39, 0.29) is 0 Å². The summed E-state index contributed by atoms with van der Waals surface area (Å²) in [5.41, 5.74) is 7.77. The molecule has 1 unspecified atom stereocenters. The van der Waals surface area contributed by atoms with Gasteiger partial charge in [0.25, 0.3) is 0 Å². The van der Waals surface area contributed by atoms with Crippen LogP contribution in [-0.4, -0.2) is 39.1 Å². The lowest BCUT2D eigenvalue weighted by molar-refractivity contribution is 0.0595. The van der Waals surface area contributed by atoms with Crippen LogP contribution in [0, 0.1) is 5.92 Å². The molecule has 2 N–H and O–H groups in total. The Morgan fingerprint density at radius 1 is 1.32 bits per heavy atom. The van der Waals surface area contributed by atoms with E-state index in [0.717, 1.165) is 17.7 Å². The Morgan fingerprint density at radius 3 is 2.79 bits per heavy atom. The molecule has 19 heavy (non-hydrogen) atoms. The van der Waals surface area contributed by atoms with Crippen LogP contribution < -0.4 is 5.73 Å². The van der Waals surface area contributed by atoms with E-state index in [2.05, 4.69) is 19.4 Å². The largest absolute Gasteiger partial charge is 0.369 e. The van der Waals surface area contributed by atoms with Gasteiger partial charge in [-0.1, -0.05) is 11.6 Å². The van der Waals surface area contributed by atoms with Gasteiger partial charge in [-0.2, -0.15) is 0 Å². The number of piperidine rings is 3. The van der Waals surface area contributed by atoms with Gasteiger partial charge in [0.2, 0.25) is 5.95 Å². The Balaban J connectivity index is 1.84. The van der Waals surface area contributed by atoms with E-state index >= 15 is 0 Å². The van der Waals surface area contributed by atoms with Crippen LogP contribution in [0.5, 0.6) is 0 Å². The molecular weight excluding hydrogens is 262 g/mol. The first-order chi connectivity index (χ1) is 9.22. The normalized spacial score (nSPS) is 30.1. The summed E-state index contributed by atoms with van der Waals surface area (Å²) < 4.78 is 2.11. The van der Waals surface area contributed by atoms with Crippen molar-refractivity contribution < 1.29 is 0 Å². The first-order valence-corrected chi connectivity index (χ1v) is 7.11. The number of imidazole rings is 1. The molecular formula is C13H16ClN5. The number of hydrogen-bond donors (Lipinski definition) is 1. The smallest absolute Gasteiger partial charge is 0.202 e. The third-order valence-corrected chi connectivity index (χ3v) is 4.68. The van der Waals surface area contributed by atoms with E-state index in [1.165, 1.54) is 25.9 Å². The fourth-order valence-electron chi connectivity index (χ4n) is 3.53. The predicted molar refractivity (Wildman–Crippen MR) is 75.2 cm³/mol. The molecule has 3 aliphatic heterocycles. The average Bonchev–Trinajstić information content (AvgIpc) is 2.75. The summed E-state index contributed by atoms with van der Waals surface area (Å²) in [6.07, 6.45) is 4.16. The Kier molecular flexibility index (Phi) is 2.47. The second kappa shape index (κ2) is 4.08. The minimum atomic E-state index is 0.404. The highest BCUT2D eigenvalue weighted by Crippen LogP contribution is 2.38.